The Morgan fingerprint density at radius 2 is 1.45 bits per heavy atom. The van der Waals surface area contributed by atoms with Crippen molar-refractivity contribution >= 4 is 46.5 Å². The summed E-state index contributed by atoms with van der Waals surface area (Å²) in [6, 6.07) is 31.9. The van der Waals surface area contributed by atoms with Gasteiger partial charge in [-0.15, -0.1) is 11.6 Å². The van der Waals surface area contributed by atoms with Crippen molar-refractivity contribution in [2.24, 2.45) is 5.92 Å². The summed E-state index contributed by atoms with van der Waals surface area (Å²) >= 11 is 11.8. The second-order valence-corrected chi connectivity index (χ2v) is 12.1. The Morgan fingerprint density at radius 3 is 2.07 bits per heavy atom. The van der Waals surface area contributed by atoms with E-state index < -0.39 is 18.0 Å². The maximum absolute atomic E-state index is 13.0. The minimum atomic E-state index is -1.04. The number of carbonyl (C=O) groups is 3. The molecule has 44 heavy (non-hydrogen) atoms. The lowest BCUT2D eigenvalue weighted by atomic mass is 9.78. The number of amides is 1. The molecule has 1 heterocycles. The zero-order chi connectivity index (χ0) is 31.3. The molecule has 0 bridgehead atoms. The minimum absolute atomic E-state index is 0.00844. The Bertz CT molecular complexity index is 1600. The fraction of sp³-hybridized carbons (Fsp3) is 0.250. The van der Waals surface area contributed by atoms with Gasteiger partial charge in [-0.3, -0.25) is 14.4 Å². The normalized spacial score (nSPS) is 15.6. The number of ether oxygens (including phenoxy) is 2. The molecule has 226 valence electrons. The molecule has 1 amide bonds. The van der Waals surface area contributed by atoms with Crippen molar-refractivity contribution < 1.29 is 23.9 Å². The largest absolute Gasteiger partial charge is 0.457 e. The van der Waals surface area contributed by atoms with Crippen molar-refractivity contribution in [1.82, 2.24) is 0 Å². The van der Waals surface area contributed by atoms with Gasteiger partial charge in [0.15, 0.2) is 6.10 Å². The van der Waals surface area contributed by atoms with E-state index in [2.05, 4.69) is 38.1 Å². The molecule has 0 radical (unpaired) electrons. The number of halogens is 2. The average Bonchev–Trinajstić information content (AvgIpc) is 3.43. The molecule has 1 fully saturated rings. The Balaban J connectivity index is 1.19. The van der Waals surface area contributed by atoms with Crippen LogP contribution < -0.4 is 9.64 Å². The maximum atomic E-state index is 13.0. The molecule has 1 aliphatic heterocycles. The summed E-state index contributed by atoms with van der Waals surface area (Å²) in [5.74, 6) is -0.402. The molecule has 0 saturated carbocycles. The van der Waals surface area contributed by atoms with Crippen LogP contribution in [0.4, 0.5) is 5.69 Å². The van der Waals surface area contributed by atoms with Gasteiger partial charge in [0.05, 0.1) is 5.92 Å². The number of ketones is 1. The van der Waals surface area contributed by atoms with E-state index >= 15 is 0 Å². The zero-order valence-corrected chi connectivity index (χ0v) is 26.1. The van der Waals surface area contributed by atoms with Gasteiger partial charge in [0, 0.05) is 47.0 Å². The Kier molecular flexibility index (Phi) is 9.72. The van der Waals surface area contributed by atoms with E-state index in [0.29, 0.717) is 27.8 Å². The summed E-state index contributed by atoms with van der Waals surface area (Å²) in [5.41, 5.74) is 3.28. The predicted molar refractivity (Wildman–Crippen MR) is 173 cm³/mol. The standard InChI is InChI=1S/C36H33Cl2NO5/c1-36(2,26-6-4-3-5-7-26)27-10-16-30(17-11-27)43-31-18-14-29(15-19-31)39-23-25(22-33(39)40)35(42)44-32(20-21-37)34(41)24-8-12-28(38)13-9-24/h3-19,25,32H,20-23H2,1-2H3/t25-,32-/m1/s1. The lowest BCUT2D eigenvalue weighted by molar-refractivity contribution is -0.151. The Labute approximate surface area is 267 Å². The summed E-state index contributed by atoms with van der Waals surface area (Å²) in [4.78, 5) is 40.4. The molecule has 5 rings (SSSR count). The molecule has 0 aliphatic carbocycles. The number of alkyl halides is 1. The molecule has 2 atom stereocenters. The predicted octanol–water partition coefficient (Wildman–Crippen LogP) is 8.23. The van der Waals surface area contributed by atoms with Crippen molar-refractivity contribution in [2.75, 3.05) is 17.3 Å². The quantitative estimate of drug-likeness (QED) is 0.0949. The molecular formula is C36H33Cl2NO5. The lowest BCUT2D eigenvalue weighted by Gasteiger charge is -2.26. The van der Waals surface area contributed by atoms with Gasteiger partial charge in [-0.2, -0.15) is 0 Å². The average molecular weight is 631 g/mol. The van der Waals surface area contributed by atoms with Crippen LogP contribution in [0.25, 0.3) is 0 Å². The van der Waals surface area contributed by atoms with E-state index in [9.17, 15) is 14.4 Å². The van der Waals surface area contributed by atoms with E-state index in [1.165, 1.54) is 11.1 Å². The lowest BCUT2D eigenvalue weighted by Crippen LogP contribution is -2.32. The number of anilines is 1. The van der Waals surface area contributed by atoms with Gasteiger partial charge in [-0.25, -0.2) is 0 Å². The van der Waals surface area contributed by atoms with Crippen LogP contribution in [0.15, 0.2) is 103 Å². The van der Waals surface area contributed by atoms with E-state index in [1.54, 1.807) is 53.4 Å². The summed E-state index contributed by atoms with van der Waals surface area (Å²) in [7, 11) is 0. The van der Waals surface area contributed by atoms with Gasteiger partial charge in [0.1, 0.15) is 11.5 Å². The number of hydrogen-bond acceptors (Lipinski definition) is 5. The van der Waals surface area contributed by atoms with Gasteiger partial charge < -0.3 is 14.4 Å². The van der Waals surface area contributed by atoms with Gasteiger partial charge in [-0.1, -0.05) is 67.9 Å². The van der Waals surface area contributed by atoms with Crippen molar-refractivity contribution in [3.63, 3.8) is 0 Å². The number of hydrogen-bond donors (Lipinski definition) is 0. The first-order valence-corrected chi connectivity index (χ1v) is 15.4. The first-order chi connectivity index (χ1) is 21.2. The van der Waals surface area contributed by atoms with Gasteiger partial charge >= 0.3 is 5.97 Å². The van der Waals surface area contributed by atoms with Crippen LogP contribution in [0.5, 0.6) is 11.5 Å². The van der Waals surface area contributed by atoms with Gasteiger partial charge in [0.25, 0.3) is 0 Å². The highest BCUT2D eigenvalue weighted by Crippen LogP contribution is 2.34. The van der Waals surface area contributed by atoms with Crippen molar-refractivity contribution in [2.45, 2.75) is 38.2 Å². The van der Waals surface area contributed by atoms with E-state index in [1.807, 2.05) is 30.3 Å². The van der Waals surface area contributed by atoms with Crippen LogP contribution in [-0.2, 0) is 19.7 Å². The topological polar surface area (TPSA) is 72.9 Å². The first-order valence-electron chi connectivity index (χ1n) is 14.5. The molecule has 8 heteroatoms. The molecule has 4 aromatic carbocycles. The molecule has 0 spiro atoms. The highest BCUT2D eigenvalue weighted by atomic mass is 35.5. The molecule has 0 unspecified atom stereocenters. The molecule has 1 saturated heterocycles. The number of Topliss-reactive ketones (excluding diaryl/α,β-unsaturated/α-hetero) is 1. The molecule has 1 aliphatic rings. The molecule has 0 aromatic heterocycles. The minimum Gasteiger partial charge on any atom is -0.457 e. The second-order valence-electron chi connectivity index (χ2n) is 11.3. The summed E-state index contributed by atoms with van der Waals surface area (Å²) in [6.45, 7) is 4.54. The van der Waals surface area contributed by atoms with Crippen molar-refractivity contribution in [3.8, 4) is 11.5 Å². The van der Waals surface area contributed by atoms with Crippen molar-refractivity contribution in [1.29, 1.82) is 0 Å². The van der Waals surface area contributed by atoms with Gasteiger partial charge in [0.2, 0.25) is 11.7 Å². The third-order valence-corrected chi connectivity index (χ3v) is 8.44. The van der Waals surface area contributed by atoms with Crippen LogP contribution in [-0.4, -0.2) is 36.2 Å². The zero-order valence-electron chi connectivity index (χ0n) is 24.5. The Hall–Kier alpha value is -4.13. The summed E-state index contributed by atoms with van der Waals surface area (Å²) in [5, 5.41) is 0.494. The SMILES string of the molecule is CC(C)(c1ccccc1)c1ccc(Oc2ccc(N3C[C@H](C(=O)O[C@H](CCCl)C(=O)c4ccc(Cl)cc4)CC3=O)cc2)cc1. The fourth-order valence-electron chi connectivity index (χ4n) is 5.29. The van der Waals surface area contributed by atoms with Crippen LogP contribution in [0.1, 0.15) is 48.2 Å². The van der Waals surface area contributed by atoms with Gasteiger partial charge in [-0.05, 0) is 71.8 Å². The Morgan fingerprint density at radius 1 is 0.864 bits per heavy atom. The van der Waals surface area contributed by atoms with Crippen LogP contribution in [0.2, 0.25) is 5.02 Å². The van der Waals surface area contributed by atoms with Crippen LogP contribution in [0, 0.1) is 5.92 Å². The molecule has 6 nitrogen and oxygen atoms in total. The van der Waals surface area contributed by atoms with E-state index in [4.69, 9.17) is 32.7 Å². The van der Waals surface area contributed by atoms with Crippen LogP contribution >= 0.6 is 23.2 Å². The number of nitrogens with zero attached hydrogens (tertiary/aromatic N) is 1. The number of carbonyl (C=O) groups excluding carboxylic acids is 3. The highest BCUT2D eigenvalue weighted by molar-refractivity contribution is 6.30. The van der Waals surface area contributed by atoms with Crippen molar-refractivity contribution in [3.05, 3.63) is 125 Å². The third-order valence-electron chi connectivity index (χ3n) is 7.96. The molecule has 0 N–H and O–H groups in total. The maximum Gasteiger partial charge on any atom is 0.312 e. The number of benzene rings is 4. The molecule has 4 aromatic rings. The fourth-order valence-corrected chi connectivity index (χ4v) is 5.61. The smallest absolute Gasteiger partial charge is 0.312 e. The summed E-state index contributed by atoms with van der Waals surface area (Å²) < 4.78 is 11.6. The van der Waals surface area contributed by atoms with E-state index in [-0.39, 0.29) is 42.4 Å². The third kappa shape index (κ3) is 7.15. The second kappa shape index (κ2) is 13.7. The molecular weight excluding hydrogens is 597 g/mol. The monoisotopic (exact) mass is 629 g/mol. The highest BCUT2D eigenvalue weighted by Gasteiger charge is 2.38. The van der Waals surface area contributed by atoms with Crippen LogP contribution in [0.3, 0.4) is 0 Å². The number of esters is 1. The first kappa shape index (κ1) is 31.3. The van der Waals surface area contributed by atoms with E-state index in [0.717, 1.165) is 0 Å². The summed E-state index contributed by atoms with van der Waals surface area (Å²) in [6.07, 6.45) is -0.889. The number of rotatable bonds is 11.